The molecular formula is C11H11F5N2O2. The van der Waals surface area contributed by atoms with Crippen LogP contribution in [0.25, 0.3) is 0 Å². The molecule has 0 aromatic heterocycles. The molecule has 0 aliphatic carbocycles. The van der Waals surface area contributed by atoms with Crippen molar-refractivity contribution in [1.29, 1.82) is 0 Å². The summed E-state index contributed by atoms with van der Waals surface area (Å²) >= 11 is 0. The van der Waals surface area contributed by atoms with Gasteiger partial charge in [0.15, 0.2) is 29.4 Å². The van der Waals surface area contributed by atoms with Gasteiger partial charge >= 0.3 is 5.97 Å². The molecule has 0 aliphatic heterocycles. The summed E-state index contributed by atoms with van der Waals surface area (Å²) in [5.74, 6) is -11.5. The molecular weight excluding hydrogens is 287 g/mol. The highest BCUT2D eigenvalue weighted by atomic mass is 19.2. The molecule has 1 aromatic carbocycles. The van der Waals surface area contributed by atoms with E-state index in [-0.39, 0.29) is 0 Å². The maximum Gasteiger partial charge on any atom is 0.338 e. The zero-order valence-electron chi connectivity index (χ0n) is 10.5. The minimum absolute atomic E-state index is 0.959. The Kier molecular flexibility index (Phi) is 5.40. The second-order valence-electron chi connectivity index (χ2n) is 3.67. The Morgan fingerprint density at radius 2 is 1.35 bits per heavy atom. The van der Waals surface area contributed by atoms with Crippen LogP contribution in [0.4, 0.5) is 22.0 Å². The number of hydrogen-bond acceptors (Lipinski definition) is 4. The van der Waals surface area contributed by atoms with Crippen molar-refractivity contribution >= 4 is 5.97 Å². The Balaban J connectivity index is 2.97. The quantitative estimate of drug-likeness (QED) is 0.282. The maximum atomic E-state index is 13.3. The smallest absolute Gasteiger partial charge is 0.338 e. The fourth-order valence-corrected chi connectivity index (χ4v) is 1.38. The zero-order chi connectivity index (χ0) is 15.4. The molecule has 0 atom stereocenters. The maximum absolute atomic E-state index is 13.3. The van der Waals surface area contributed by atoms with Gasteiger partial charge in [0.05, 0.1) is 5.56 Å². The molecule has 0 saturated heterocycles. The van der Waals surface area contributed by atoms with Gasteiger partial charge in [-0.1, -0.05) is 0 Å². The van der Waals surface area contributed by atoms with Crippen molar-refractivity contribution in [2.75, 3.05) is 14.1 Å². The van der Waals surface area contributed by atoms with Crippen LogP contribution in [0.1, 0.15) is 5.56 Å². The Labute approximate surface area is 110 Å². The number of nitrogens with one attached hydrogen (secondary N) is 2. The first-order valence-corrected chi connectivity index (χ1v) is 5.36. The van der Waals surface area contributed by atoms with Crippen LogP contribution < -0.4 is 10.6 Å². The number of carbonyl (C=O) groups is 1. The second kappa shape index (κ2) is 6.62. The topological polar surface area (TPSA) is 50.4 Å². The number of benzene rings is 1. The molecule has 112 valence electrons. The summed E-state index contributed by atoms with van der Waals surface area (Å²) in [4.78, 5) is 11.4. The molecule has 2 N–H and O–H groups in total. The predicted molar refractivity (Wildman–Crippen MR) is 57.9 cm³/mol. The third-order valence-electron chi connectivity index (χ3n) is 2.47. The molecule has 4 nitrogen and oxygen atoms in total. The largest absolute Gasteiger partial charge is 0.458 e. The normalized spacial score (nSPS) is 11.0. The fourth-order valence-electron chi connectivity index (χ4n) is 1.38. The van der Waals surface area contributed by atoms with E-state index in [1.54, 1.807) is 0 Å². The minimum Gasteiger partial charge on any atom is -0.458 e. The number of ether oxygens (including phenoxy) is 1. The molecule has 0 amide bonds. The first-order chi connectivity index (χ1) is 9.34. The lowest BCUT2D eigenvalue weighted by molar-refractivity contribution is -0.148. The van der Waals surface area contributed by atoms with Gasteiger partial charge in [0.2, 0.25) is 5.82 Å². The molecule has 0 radical (unpaired) electrons. The van der Waals surface area contributed by atoms with Gasteiger partial charge in [0, 0.05) is 0 Å². The number of rotatable bonds is 5. The second-order valence-corrected chi connectivity index (χ2v) is 3.67. The van der Waals surface area contributed by atoms with E-state index in [4.69, 9.17) is 0 Å². The standard InChI is InChI=1S/C11H11F5N2O2/c1-17-10(18-2)11(19)20-3-4-5(12)7(14)9(16)8(15)6(4)13/h10,17-18H,3H2,1-2H3. The van der Waals surface area contributed by atoms with Gasteiger partial charge in [-0.25, -0.2) is 26.7 Å². The molecule has 1 rings (SSSR count). The monoisotopic (exact) mass is 298 g/mol. The zero-order valence-corrected chi connectivity index (χ0v) is 10.5. The molecule has 0 bridgehead atoms. The number of hydrogen-bond donors (Lipinski definition) is 2. The van der Waals surface area contributed by atoms with Gasteiger partial charge in [-0.2, -0.15) is 0 Å². The van der Waals surface area contributed by atoms with Crippen molar-refractivity contribution < 1.29 is 31.5 Å². The van der Waals surface area contributed by atoms with Crippen LogP contribution in [-0.2, 0) is 16.1 Å². The summed E-state index contributed by atoms with van der Waals surface area (Å²) in [6.07, 6.45) is -0.976. The molecule has 20 heavy (non-hydrogen) atoms. The average molecular weight is 298 g/mol. The molecule has 0 saturated carbocycles. The van der Waals surface area contributed by atoms with Gasteiger partial charge < -0.3 is 4.74 Å². The Morgan fingerprint density at radius 3 is 1.75 bits per heavy atom. The Bertz CT molecular complexity index is 491. The number of halogens is 5. The van der Waals surface area contributed by atoms with Crippen molar-refractivity contribution in [3.05, 3.63) is 34.6 Å². The van der Waals surface area contributed by atoms with Crippen LogP contribution in [0.3, 0.4) is 0 Å². The molecule has 0 fully saturated rings. The van der Waals surface area contributed by atoms with Crippen LogP contribution >= 0.6 is 0 Å². The fraction of sp³-hybridized carbons (Fsp3) is 0.364. The van der Waals surface area contributed by atoms with E-state index in [0.717, 1.165) is 0 Å². The molecule has 0 heterocycles. The number of esters is 1. The highest BCUT2D eigenvalue weighted by molar-refractivity contribution is 5.75. The van der Waals surface area contributed by atoms with E-state index < -0.39 is 53.4 Å². The summed E-state index contributed by atoms with van der Waals surface area (Å²) in [7, 11) is 2.81. The third kappa shape index (κ3) is 3.05. The first kappa shape index (κ1) is 16.3. The van der Waals surface area contributed by atoms with Crippen LogP contribution in [0.5, 0.6) is 0 Å². The summed E-state index contributed by atoms with van der Waals surface area (Å²) in [6, 6.07) is 0. The summed E-state index contributed by atoms with van der Waals surface area (Å²) in [5, 5.41) is 4.94. The molecule has 0 unspecified atom stereocenters. The molecule has 0 spiro atoms. The lowest BCUT2D eigenvalue weighted by Crippen LogP contribution is -2.45. The van der Waals surface area contributed by atoms with Gasteiger partial charge in [-0.3, -0.25) is 10.6 Å². The SMILES string of the molecule is CNC(NC)C(=O)OCc1c(F)c(F)c(F)c(F)c1F. The lowest BCUT2D eigenvalue weighted by atomic mass is 10.2. The summed E-state index contributed by atoms with van der Waals surface area (Å²) in [6.45, 7) is -1.08. The molecule has 0 aliphatic rings. The van der Waals surface area contributed by atoms with Gasteiger partial charge in [0.25, 0.3) is 0 Å². The van der Waals surface area contributed by atoms with E-state index in [1.165, 1.54) is 14.1 Å². The van der Waals surface area contributed by atoms with E-state index in [2.05, 4.69) is 15.4 Å². The van der Waals surface area contributed by atoms with Crippen LogP contribution in [0.2, 0.25) is 0 Å². The predicted octanol–water partition coefficient (Wildman–Crippen LogP) is 1.19. The van der Waals surface area contributed by atoms with Crippen LogP contribution in [-0.4, -0.2) is 26.2 Å². The van der Waals surface area contributed by atoms with Crippen molar-refractivity contribution in [3.63, 3.8) is 0 Å². The summed E-state index contributed by atoms with van der Waals surface area (Å²) < 4.78 is 69.6. The Morgan fingerprint density at radius 1 is 0.950 bits per heavy atom. The van der Waals surface area contributed by atoms with E-state index in [1.807, 2.05) is 0 Å². The van der Waals surface area contributed by atoms with Crippen LogP contribution in [0.15, 0.2) is 0 Å². The van der Waals surface area contributed by atoms with E-state index in [0.29, 0.717) is 0 Å². The summed E-state index contributed by atoms with van der Waals surface area (Å²) in [5.41, 5.74) is -1.21. The van der Waals surface area contributed by atoms with Gasteiger partial charge in [-0.15, -0.1) is 0 Å². The number of likely N-dealkylation sites (N-methyl/N-ethyl adjacent to an activating group) is 2. The highest BCUT2D eigenvalue weighted by Crippen LogP contribution is 2.23. The molecule has 1 aromatic rings. The van der Waals surface area contributed by atoms with E-state index >= 15 is 0 Å². The minimum atomic E-state index is -2.27. The highest BCUT2D eigenvalue weighted by Gasteiger charge is 2.27. The Hall–Kier alpha value is -1.74. The van der Waals surface area contributed by atoms with Crippen LogP contribution in [0, 0.1) is 29.1 Å². The van der Waals surface area contributed by atoms with Gasteiger partial charge in [-0.05, 0) is 14.1 Å². The number of carbonyl (C=O) groups excluding carboxylic acids is 1. The third-order valence-corrected chi connectivity index (χ3v) is 2.47. The van der Waals surface area contributed by atoms with Gasteiger partial charge in [0.1, 0.15) is 6.61 Å². The van der Waals surface area contributed by atoms with Crippen molar-refractivity contribution in [2.45, 2.75) is 12.8 Å². The van der Waals surface area contributed by atoms with Crippen molar-refractivity contribution in [3.8, 4) is 0 Å². The average Bonchev–Trinajstić information content (AvgIpc) is 2.44. The lowest BCUT2D eigenvalue weighted by Gasteiger charge is -2.14. The van der Waals surface area contributed by atoms with E-state index in [9.17, 15) is 26.7 Å². The molecule has 9 heteroatoms. The first-order valence-electron chi connectivity index (χ1n) is 5.36. The van der Waals surface area contributed by atoms with Crippen molar-refractivity contribution in [1.82, 2.24) is 10.6 Å². The van der Waals surface area contributed by atoms with Crippen molar-refractivity contribution in [2.24, 2.45) is 0 Å².